The highest BCUT2D eigenvalue weighted by atomic mass is 35.5. The molecule has 1 unspecified atom stereocenters. The van der Waals surface area contributed by atoms with Gasteiger partial charge in [0.15, 0.2) is 5.75 Å². The minimum absolute atomic E-state index is 0.00660. The average molecular weight is 490 g/mol. The number of nitrogens with zero attached hydrogens (tertiary/aromatic N) is 1. The van der Waals surface area contributed by atoms with E-state index in [9.17, 15) is 19.5 Å². The molecule has 3 rings (SSSR count). The van der Waals surface area contributed by atoms with Crippen molar-refractivity contribution in [2.75, 3.05) is 24.7 Å². The summed E-state index contributed by atoms with van der Waals surface area (Å²) in [5.41, 5.74) is -0.744. The molecule has 1 amide bonds. The van der Waals surface area contributed by atoms with Crippen LogP contribution in [0.4, 0.5) is 17.1 Å². The van der Waals surface area contributed by atoms with E-state index >= 15 is 0 Å². The fourth-order valence-electron chi connectivity index (χ4n) is 3.53. The van der Waals surface area contributed by atoms with Gasteiger partial charge in [-0.05, 0) is 41.3 Å². The van der Waals surface area contributed by atoms with Crippen molar-refractivity contribution < 1.29 is 9.90 Å². The first kappa shape index (κ1) is 24.6. The van der Waals surface area contributed by atoms with Crippen molar-refractivity contribution in [3.05, 3.63) is 78.0 Å². The Morgan fingerprint density at radius 3 is 2.12 bits per heavy atom. The van der Waals surface area contributed by atoms with Crippen LogP contribution in [-0.4, -0.2) is 30.0 Å². The third-order valence-electron chi connectivity index (χ3n) is 5.22. The molecule has 0 radical (unpaired) electrons. The first-order valence-electron chi connectivity index (χ1n) is 10.2. The van der Waals surface area contributed by atoms with Crippen molar-refractivity contribution >= 4 is 46.2 Å². The van der Waals surface area contributed by atoms with Crippen molar-refractivity contribution in [2.45, 2.75) is 26.8 Å². The molecule has 0 aliphatic carbocycles. The zero-order valence-electron chi connectivity index (χ0n) is 18.9. The van der Waals surface area contributed by atoms with Gasteiger partial charge in [0.05, 0.1) is 17.3 Å². The lowest BCUT2D eigenvalue weighted by atomic mass is 9.82. The molecule has 0 heterocycles. The van der Waals surface area contributed by atoms with Gasteiger partial charge >= 0.3 is 0 Å². The van der Waals surface area contributed by atoms with E-state index in [0.29, 0.717) is 10.0 Å². The molecule has 0 aromatic heterocycles. The second-order valence-corrected chi connectivity index (χ2v) is 9.95. The summed E-state index contributed by atoms with van der Waals surface area (Å²) in [7, 11) is 3.13. The van der Waals surface area contributed by atoms with Crippen LogP contribution in [0, 0.1) is 5.41 Å². The van der Waals surface area contributed by atoms with Crippen molar-refractivity contribution in [1.29, 1.82) is 0 Å². The quantitative estimate of drug-likeness (QED) is 0.335. The van der Waals surface area contributed by atoms with Gasteiger partial charge in [-0.1, -0.05) is 50.0 Å². The zero-order valence-corrected chi connectivity index (χ0v) is 20.4. The van der Waals surface area contributed by atoms with Gasteiger partial charge in [-0.2, -0.15) is 0 Å². The Morgan fingerprint density at radius 2 is 1.58 bits per heavy atom. The average Bonchev–Trinajstić information content (AvgIpc) is 2.71. The summed E-state index contributed by atoms with van der Waals surface area (Å²) in [4.78, 5) is 38.5. The smallest absolute Gasteiger partial charge is 0.257 e. The molecule has 7 nitrogen and oxygen atoms in total. The topological polar surface area (TPSA) is 98.7 Å². The number of benzene rings is 2. The van der Waals surface area contributed by atoms with E-state index in [-0.39, 0.29) is 33.8 Å². The second-order valence-electron chi connectivity index (χ2n) is 9.08. The highest BCUT2D eigenvalue weighted by Crippen LogP contribution is 2.39. The number of phenolic OH excluding ortho intramolecular Hbond substituents is 1. The number of hydrogen-bond acceptors (Lipinski definition) is 6. The minimum Gasteiger partial charge on any atom is -0.505 e. The predicted octanol–water partition coefficient (Wildman–Crippen LogP) is 4.94. The maximum atomic E-state index is 12.5. The SMILES string of the molecule is CN(C)C(=O)c1cccc(Nc2c(NC(c3cc(Cl)cc(Cl)c3)C(C)(C)C)c(=O)c2=O)c1O. The molecule has 3 N–H and O–H groups in total. The molecule has 0 bridgehead atoms. The van der Waals surface area contributed by atoms with Gasteiger partial charge in [0, 0.05) is 24.1 Å². The Bertz CT molecular complexity index is 1270. The normalized spacial score (nSPS) is 12.5. The number of nitrogens with one attached hydrogen (secondary N) is 2. The van der Waals surface area contributed by atoms with Crippen LogP contribution in [0.25, 0.3) is 0 Å². The first-order valence-corrected chi connectivity index (χ1v) is 10.9. The molecule has 33 heavy (non-hydrogen) atoms. The number of phenols is 1. The molecule has 174 valence electrons. The van der Waals surface area contributed by atoms with Crippen molar-refractivity contribution in [3.8, 4) is 5.75 Å². The fraction of sp³-hybridized carbons (Fsp3) is 0.292. The standard InChI is InChI=1S/C24H25Cl2N3O4/c1-24(2,3)22(12-9-13(25)11-14(26)10-12)28-18-17(20(31)21(18)32)27-16-8-6-7-15(19(16)30)23(33)29(4)5/h6-11,22,27-28,30H,1-5H3. The third-order valence-corrected chi connectivity index (χ3v) is 5.65. The Balaban J connectivity index is 2.00. The molecule has 3 aromatic rings. The van der Waals surface area contributed by atoms with Gasteiger partial charge in [-0.15, -0.1) is 0 Å². The molecule has 0 spiro atoms. The van der Waals surface area contributed by atoms with Crippen LogP contribution < -0.4 is 21.5 Å². The molecule has 9 heteroatoms. The highest BCUT2D eigenvalue weighted by Gasteiger charge is 2.32. The number of aromatic hydroxyl groups is 1. The molecule has 0 saturated heterocycles. The molecule has 0 fully saturated rings. The highest BCUT2D eigenvalue weighted by molar-refractivity contribution is 6.34. The fourth-order valence-corrected chi connectivity index (χ4v) is 4.07. The minimum atomic E-state index is -0.724. The summed E-state index contributed by atoms with van der Waals surface area (Å²) >= 11 is 12.4. The number of hydrogen-bond donors (Lipinski definition) is 3. The lowest BCUT2D eigenvalue weighted by Gasteiger charge is -2.34. The largest absolute Gasteiger partial charge is 0.505 e. The summed E-state index contributed by atoms with van der Waals surface area (Å²) in [5, 5.41) is 17.5. The van der Waals surface area contributed by atoms with E-state index in [2.05, 4.69) is 10.6 Å². The van der Waals surface area contributed by atoms with Crippen LogP contribution in [0.3, 0.4) is 0 Å². The van der Waals surface area contributed by atoms with E-state index in [1.54, 1.807) is 38.4 Å². The van der Waals surface area contributed by atoms with Crippen LogP contribution in [0.2, 0.25) is 10.0 Å². The van der Waals surface area contributed by atoms with Crippen molar-refractivity contribution in [3.63, 3.8) is 0 Å². The predicted molar refractivity (Wildman–Crippen MR) is 133 cm³/mol. The van der Waals surface area contributed by atoms with Crippen molar-refractivity contribution in [2.24, 2.45) is 5.41 Å². The van der Waals surface area contributed by atoms with Gasteiger partial charge in [-0.3, -0.25) is 14.4 Å². The number of anilines is 3. The molecule has 1 atom stereocenters. The number of carbonyl (C=O) groups is 1. The Labute approximate surface area is 201 Å². The first-order chi connectivity index (χ1) is 15.3. The van der Waals surface area contributed by atoms with E-state index in [1.165, 1.54) is 17.0 Å². The molecule has 0 aliphatic rings. The van der Waals surface area contributed by atoms with E-state index in [1.807, 2.05) is 20.8 Å². The maximum absolute atomic E-state index is 12.5. The van der Waals surface area contributed by atoms with Gasteiger partial charge in [0.1, 0.15) is 11.4 Å². The number of halogens is 2. The van der Waals surface area contributed by atoms with E-state index < -0.39 is 22.8 Å². The molecule has 3 aromatic carbocycles. The van der Waals surface area contributed by atoms with Crippen molar-refractivity contribution in [1.82, 2.24) is 4.90 Å². The van der Waals surface area contributed by atoms with Crippen LogP contribution in [0.1, 0.15) is 42.7 Å². The van der Waals surface area contributed by atoms with Gasteiger partial charge in [0.25, 0.3) is 16.8 Å². The Kier molecular flexibility index (Phi) is 6.77. The lowest BCUT2D eigenvalue weighted by molar-refractivity contribution is 0.0824. The summed E-state index contributed by atoms with van der Waals surface area (Å²) < 4.78 is 0. The molecular formula is C24H25Cl2N3O4. The number of amides is 1. The lowest BCUT2D eigenvalue weighted by Crippen LogP contribution is -2.39. The van der Waals surface area contributed by atoms with Crippen LogP contribution in [0.5, 0.6) is 5.75 Å². The summed E-state index contributed by atoms with van der Waals surface area (Å²) in [5.74, 6) is -0.714. The monoisotopic (exact) mass is 489 g/mol. The number of rotatable bonds is 6. The van der Waals surface area contributed by atoms with Gasteiger partial charge in [0.2, 0.25) is 0 Å². The van der Waals surface area contributed by atoms with Gasteiger partial charge in [-0.25, -0.2) is 0 Å². The van der Waals surface area contributed by atoms with Crippen LogP contribution in [-0.2, 0) is 0 Å². The van der Waals surface area contributed by atoms with Gasteiger partial charge < -0.3 is 20.6 Å². The summed E-state index contributed by atoms with van der Waals surface area (Å²) in [6.45, 7) is 5.92. The van der Waals surface area contributed by atoms with E-state index in [0.717, 1.165) is 5.56 Å². The molecule has 0 saturated carbocycles. The maximum Gasteiger partial charge on any atom is 0.257 e. The Hall–Kier alpha value is -3.03. The van der Waals surface area contributed by atoms with Crippen LogP contribution in [0.15, 0.2) is 46.0 Å². The number of para-hydroxylation sites is 1. The summed E-state index contributed by atoms with van der Waals surface area (Å²) in [6, 6.07) is 9.26. The summed E-state index contributed by atoms with van der Waals surface area (Å²) in [6.07, 6.45) is 0. The number of carbonyl (C=O) groups excluding carboxylic acids is 1. The second kappa shape index (κ2) is 9.08. The van der Waals surface area contributed by atoms with Crippen LogP contribution >= 0.6 is 23.2 Å². The third kappa shape index (κ3) is 4.99. The van der Waals surface area contributed by atoms with E-state index in [4.69, 9.17) is 23.2 Å². The molecule has 0 aliphatic heterocycles. The Morgan fingerprint density at radius 1 is 1.00 bits per heavy atom. The zero-order chi connectivity index (χ0) is 24.7. The molecular weight excluding hydrogens is 465 g/mol.